The Labute approximate surface area is 85.7 Å². The lowest BCUT2D eigenvalue weighted by molar-refractivity contribution is 0.181. The Bertz CT molecular complexity index is 383. The number of anilines is 1. The van der Waals surface area contributed by atoms with Gasteiger partial charge in [0.05, 0.1) is 6.54 Å². The molecule has 0 bridgehead atoms. The van der Waals surface area contributed by atoms with Gasteiger partial charge in [-0.3, -0.25) is 4.90 Å². The maximum absolute atomic E-state index is 11.2. The summed E-state index contributed by atoms with van der Waals surface area (Å²) in [5.41, 5.74) is 0.799. The first-order chi connectivity index (χ1) is 6.68. The van der Waals surface area contributed by atoms with E-state index >= 15 is 0 Å². The second-order valence-corrected chi connectivity index (χ2v) is 3.25. The van der Waals surface area contributed by atoms with Crippen molar-refractivity contribution in [3.8, 4) is 0 Å². The minimum Gasteiger partial charge on any atom is -0.447 e. The quantitative estimate of drug-likeness (QED) is 0.662. The number of hydrogen-bond donors (Lipinski definition) is 0. The fourth-order valence-electron chi connectivity index (χ4n) is 1.27. The van der Waals surface area contributed by atoms with E-state index in [0.29, 0.717) is 19.0 Å². The summed E-state index contributed by atoms with van der Waals surface area (Å²) in [5.74, 6) is 0.521. The molecule has 2 rings (SSSR count). The number of aromatic nitrogens is 2. The molecule has 2 heterocycles. The molecule has 1 fully saturated rings. The van der Waals surface area contributed by atoms with Crippen molar-refractivity contribution in [3.63, 3.8) is 0 Å². The smallest absolute Gasteiger partial charge is 0.415 e. The van der Waals surface area contributed by atoms with Crippen LogP contribution in [0.4, 0.5) is 10.6 Å². The predicted molar refractivity (Wildman–Crippen MR) is 50.5 cm³/mol. The zero-order valence-electron chi connectivity index (χ0n) is 7.53. The molecule has 0 N–H and O–H groups in total. The maximum Gasteiger partial charge on any atom is 0.415 e. The van der Waals surface area contributed by atoms with Crippen LogP contribution in [0.2, 0.25) is 5.28 Å². The zero-order chi connectivity index (χ0) is 10.1. The molecule has 0 unspecified atom stereocenters. The van der Waals surface area contributed by atoms with Gasteiger partial charge in [0.2, 0.25) is 5.28 Å². The van der Waals surface area contributed by atoms with E-state index in [2.05, 4.69) is 9.97 Å². The summed E-state index contributed by atoms with van der Waals surface area (Å²) in [6.45, 7) is 2.71. The van der Waals surface area contributed by atoms with Gasteiger partial charge in [0.15, 0.2) is 0 Å². The van der Waals surface area contributed by atoms with Gasteiger partial charge in [0, 0.05) is 11.8 Å². The Morgan fingerprint density at radius 1 is 1.64 bits per heavy atom. The predicted octanol–water partition coefficient (Wildman–Crippen LogP) is 1.40. The lowest BCUT2D eigenvalue weighted by Gasteiger charge is -2.13. The monoisotopic (exact) mass is 213 g/mol. The van der Waals surface area contributed by atoms with Crippen molar-refractivity contribution in [2.24, 2.45) is 0 Å². The first kappa shape index (κ1) is 9.21. The molecule has 0 spiro atoms. The van der Waals surface area contributed by atoms with Gasteiger partial charge in [-0.05, 0) is 18.5 Å². The summed E-state index contributed by atoms with van der Waals surface area (Å²) in [6.07, 6.45) is 1.19. The van der Waals surface area contributed by atoms with Crippen LogP contribution in [0.25, 0.3) is 0 Å². The molecule has 1 saturated heterocycles. The summed E-state index contributed by atoms with van der Waals surface area (Å²) < 4.78 is 4.80. The van der Waals surface area contributed by atoms with E-state index in [-0.39, 0.29) is 11.4 Å². The molecule has 1 aliphatic rings. The van der Waals surface area contributed by atoms with Crippen LogP contribution in [-0.4, -0.2) is 29.2 Å². The number of nitrogens with zero attached hydrogens (tertiary/aromatic N) is 3. The standard InChI is InChI=1S/C8H8ClN3O2/c1-5-4-10-7(9)11-6(5)12-2-3-14-8(12)13/h4H,2-3H2,1H3. The van der Waals surface area contributed by atoms with Crippen molar-refractivity contribution >= 4 is 23.5 Å². The van der Waals surface area contributed by atoms with Crippen molar-refractivity contribution in [1.29, 1.82) is 0 Å². The number of cyclic esters (lactones) is 1. The number of carbonyl (C=O) groups is 1. The van der Waals surface area contributed by atoms with E-state index < -0.39 is 0 Å². The van der Waals surface area contributed by atoms with E-state index in [9.17, 15) is 4.79 Å². The molecule has 74 valence electrons. The average Bonchev–Trinajstić information content (AvgIpc) is 2.56. The van der Waals surface area contributed by atoms with Crippen molar-refractivity contribution in [1.82, 2.24) is 9.97 Å². The van der Waals surface area contributed by atoms with E-state index in [1.807, 2.05) is 6.92 Å². The Hall–Kier alpha value is -1.36. The van der Waals surface area contributed by atoms with E-state index in [1.54, 1.807) is 6.20 Å². The molecule has 6 heteroatoms. The molecule has 1 aromatic rings. The summed E-state index contributed by atoms with van der Waals surface area (Å²) >= 11 is 5.64. The van der Waals surface area contributed by atoms with Crippen LogP contribution in [0, 0.1) is 6.92 Å². The van der Waals surface area contributed by atoms with Gasteiger partial charge in [-0.25, -0.2) is 9.78 Å². The molecule has 0 radical (unpaired) electrons. The van der Waals surface area contributed by atoms with Crippen LogP contribution in [-0.2, 0) is 4.74 Å². The molecule has 0 aliphatic carbocycles. The van der Waals surface area contributed by atoms with Crippen LogP contribution in [0.3, 0.4) is 0 Å². The lowest BCUT2D eigenvalue weighted by Crippen LogP contribution is -2.25. The molecule has 0 saturated carbocycles. The van der Waals surface area contributed by atoms with Crippen LogP contribution >= 0.6 is 11.6 Å². The first-order valence-electron chi connectivity index (χ1n) is 4.12. The van der Waals surface area contributed by atoms with Crippen LogP contribution in [0.5, 0.6) is 0 Å². The third-order valence-corrected chi connectivity index (χ3v) is 2.11. The Balaban J connectivity index is 2.39. The van der Waals surface area contributed by atoms with Crippen LogP contribution in [0.15, 0.2) is 6.20 Å². The highest BCUT2D eigenvalue weighted by Crippen LogP contribution is 2.20. The summed E-state index contributed by atoms with van der Waals surface area (Å²) in [4.78, 5) is 20.5. The third kappa shape index (κ3) is 1.50. The van der Waals surface area contributed by atoms with Gasteiger partial charge in [-0.15, -0.1) is 0 Å². The molecule has 1 amide bonds. The summed E-state index contributed by atoms with van der Waals surface area (Å²) in [5, 5.41) is 0.130. The molecule has 1 aliphatic heterocycles. The number of aryl methyl sites for hydroxylation is 1. The average molecular weight is 214 g/mol. The van der Waals surface area contributed by atoms with Gasteiger partial charge >= 0.3 is 6.09 Å². The topological polar surface area (TPSA) is 55.3 Å². The van der Waals surface area contributed by atoms with Crippen molar-refractivity contribution < 1.29 is 9.53 Å². The fourth-order valence-corrected chi connectivity index (χ4v) is 1.40. The highest BCUT2D eigenvalue weighted by molar-refractivity contribution is 6.28. The Morgan fingerprint density at radius 2 is 2.43 bits per heavy atom. The highest BCUT2D eigenvalue weighted by Gasteiger charge is 2.26. The Kier molecular flexibility index (Phi) is 2.25. The van der Waals surface area contributed by atoms with Crippen molar-refractivity contribution in [2.45, 2.75) is 6.92 Å². The number of hydrogen-bond acceptors (Lipinski definition) is 4. The SMILES string of the molecule is Cc1cnc(Cl)nc1N1CCOC1=O. The second kappa shape index (κ2) is 3.42. The Morgan fingerprint density at radius 3 is 3.07 bits per heavy atom. The lowest BCUT2D eigenvalue weighted by atomic mass is 10.3. The number of amides is 1. The largest absolute Gasteiger partial charge is 0.447 e. The molecule has 5 nitrogen and oxygen atoms in total. The van der Waals surface area contributed by atoms with Gasteiger partial charge in [-0.1, -0.05) is 0 Å². The van der Waals surface area contributed by atoms with Crippen molar-refractivity contribution in [3.05, 3.63) is 17.0 Å². The molecule has 14 heavy (non-hydrogen) atoms. The second-order valence-electron chi connectivity index (χ2n) is 2.91. The minimum absolute atomic E-state index is 0.130. The summed E-state index contributed by atoms with van der Waals surface area (Å²) in [7, 11) is 0. The number of halogens is 1. The first-order valence-corrected chi connectivity index (χ1v) is 4.50. The third-order valence-electron chi connectivity index (χ3n) is 1.93. The van der Waals surface area contributed by atoms with Gasteiger partial charge in [0.1, 0.15) is 12.4 Å². The molecule has 0 atom stereocenters. The number of carbonyl (C=O) groups excluding carboxylic acids is 1. The molecule has 0 aromatic carbocycles. The van der Waals surface area contributed by atoms with Crippen molar-refractivity contribution in [2.75, 3.05) is 18.1 Å². The van der Waals surface area contributed by atoms with E-state index in [1.165, 1.54) is 4.90 Å². The number of ether oxygens (including phenoxy) is 1. The maximum atomic E-state index is 11.2. The van der Waals surface area contributed by atoms with Gasteiger partial charge in [0.25, 0.3) is 0 Å². The van der Waals surface area contributed by atoms with E-state index in [4.69, 9.17) is 16.3 Å². The van der Waals surface area contributed by atoms with Crippen LogP contribution < -0.4 is 4.90 Å². The minimum atomic E-state index is -0.386. The highest BCUT2D eigenvalue weighted by atomic mass is 35.5. The number of rotatable bonds is 1. The van der Waals surface area contributed by atoms with Crippen LogP contribution in [0.1, 0.15) is 5.56 Å². The normalized spacial score (nSPS) is 15.9. The van der Waals surface area contributed by atoms with E-state index in [0.717, 1.165) is 5.56 Å². The zero-order valence-corrected chi connectivity index (χ0v) is 8.28. The fraction of sp³-hybridized carbons (Fsp3) is 0.375. The molecule has 1 aromatic heterocycles. The van der Waals surface area contributed by atoms with Gasteiger partial charge < -0.3 is 4.74 Å². The summed E-state index contributed by atoms with van der Waals surface area (Å²) in [6, 6.07) is 0. The molecular formula is C8H8ClN3O2. The molecular weight excluding hydrogens is 206 g/mol. The van der Waals surface area contributed by atoms with Gasteiger partial charge in [-0.2, -0.15) is 4.98 Å².